The molecule has 0 bridgehead atoms. The first kappa shape index (κ1) is 64.6. The van der Waals surface area contributed by atoms with Gasteiger partial charge in [0.25, 0.3) is 0 Å². The van der Waals surface area contributed by atoms with Gasteiger partial charge in [0.1, 0.15) is 13.2 Å². The summed E-state index contributed by atoms with van der Waals surface area (Å²) in [4.78, 5) is 38.1. The van der Waals surface area contributed by atoms with Crippen molar-refractivity contribution in [1.29, 1.82) is 0 Å². The Kier molecular flexibility index (Phi) is 53.4. The monoisotopic (exact) mass is 947 g/mol. The summed E-state index contributed by atoms with van der Waals surface area (Å²) < 4.78 is 16.8. The fourth-order valence-corrected chi connectivity index (χ4v) is 7.82. The van der Waals surface area contributed by atoms with E-state index in [-0.39, 0.29) is 37.5 Å². The van der Waals surface area contributed by atoms with Gasteiger partial charge in [-0.1, -0.05) is 228 Å². The number of hydrogen-bond acceptors (Lipinski definition) is 6. The Hall–Kier alpha value is -3.41. The molecule has 1 unspecified atom stereocenters. The zero-order valence-electron chi connectivity index (χ0n) is 44.6. The van der Waals surface area contributed by atoms with Gasteiger partial charge >= 0.3 is 17.9 Å². The van der Waals surface area contributed by atoms with Crippen molar-refractivity contribution in [3.05, 3.63) is 85.1 Å². The topological polar surface area (TPSA) is 78.9 Å². The lowest BCUT2D eigenvalue weighted by Crippen LogP contribution is -2.30. The molecule has 0 rings (SSSR count). The van der Waals surface area contributed by atoms with Gasteiger partial charge in [-0.15, -0.1) is 0 Å². The van der Waals surface area contributed by atoms with E-state index in [0.29, 0.717) is 12.8 Å². The molecule has 6 heteroatoms. The van der Waals surface area contributed by atoms with Crippen LogP contribution in [0.15, 0.2) is 85.1 Å². The van der Waals surface area contributed by atoms with Gasteiger partial charge in [0.15, 0.2) is 6.10 Å². The zero-order chi connectivity index (χ0) is 49.3. The number of allylic oxidation sites excluding steroid dienone is 14. The third-order valence-electron chi connectivity index (χ3n) is 12.1. The molecule has 0 spiro atoms. The van der Waals surface area contributed by atoms with Crippen molar-refractivity contribution < 1.29 is 28.6 Å². The molecule has 0 N–H and O–H groups in total. The summed E-state index contributed by atoms with van der Waals surface area (Å²) in [5, 5.41) is 0. The van der Waals surface area contributed by atoms with Crippen molar-refractivity contribution in [3.63, 3.8) is 0 Å². The van der Waals surface area contributed by atoms with Crippen LogP contribution in [0.25, 0.3) is 0 Å². The Morgan fingerprint density at radius 1 is 0.309 bits per heavy atom. The molecule has 0 heterocycles. The Balaban J connectivity index is 4.36. The number of rotatable bonds is 51. The van der Waals surface area contributed by atoms with E-state index < -0.39 is 6.10 Å². The third kappa shape index (κ3) is 53.5. The normalized spacial score (nSPS) is 12.7. The van der Waals surface area contributed by atoms with Crippen LogP contribution in [0.2, 0.25) is 0 Å². The molecule has 0 saturated heterocycles. The molecule has 1 atom stereocenters. The number of esters is 3. The quantitative estimate of drug-likeness (QED) is 0.0262. The molecule has 0 aliphatic rings. The van der Waals surface area contributed by atoms with E-state index in [1.165, 1.54) is 116 Å². The first-order valence-corrected chi connectivity index (χ1v) is 28.6. The second-order valence-electron chi connectivity index (χ2n) is 18.8. The molecule has 0 saturated carbocycles. The van der Waals surface area contributed by atoms with E-state index in [2.05, 4.69) is 106 Å². The highest BCUT2D eigenvalue weighted by molar-refractivity contribution is 5.71. The molecule has 0 aromatic heterocycles. The highest BCUT2D eigenvalue weighted by Gasteiger charge is 2.19. The molecule has 0 aliphatic heterocycles. The van der Waals surface area contributed by atoms with Crippen molar-refractivity contribution in [2.75, 3.05) is 13.2 Å². The first-order valence-electron chi connectivity index (χ1n) is 28.6. The number of unbranched alkanes of at least 4 members (excludes halogenated alkanes) is 26. The lowest BCUT2D eigenvalue weighted by Gasteiger charge is -2.18. The van der Waals surface area contributed by atoms with Gasteiger partial charge in [-0.05, 0) is 109 Å². The highest BCUT2D eigenvalue weighted by atomic mass is 16.6. The Morgan fingerprint density at radius 2 is 0.603 bits per heavy atom. The standard InChI is InChI=1S/C62H106O6/c1-4-7-10-13-16-19-22-24-26-28-30-31-33-34-36-38-40-43-46-49-52-55-61(64)67-58-59(57-66-60(63)54-51-48-45-42-21-18-15-12-9-6-3)68-62(65)56-53-50-47-44-41-39-37-35-32-29-27-25-23-20-17-14-11-8-5-2/h8,11-12,15,17,20,25,27-28,30,32,35,39,41,59H,4-7,9-10,13-14,16,18-19,21-24,26,29,31,33-34,36-38,40,42-58H2,1-3H3/b11-8-,15-12-,20-17-,27-25-,30-28-,35-32-,41-39-. The molecule has 68 heavy (non-hydrogen) atoms. The minimum Gasteiger partial charge on any atom is -0.462 e. The van der Waals surface area contributed by atoms with Crippen LogP contribution in [-0.2, 0) is 28.6 Å². The van der Waals surface area contributed by atoms with Crippen LogP contribution in [-0.4, -0.2) is 37.2 Å². The predicted molar refractivity (Wildman–Crippen MR) is 293 cm³/mol. The molecular formula is C62H106O6. The van der Waals surface area contributed by atoms with Crippen LogP contribution in [0.4, 0.5) is 0 Å². The fourth-order valence-electron chi connectivity index (χ4n) is 7.82. The predicted octanol–water partition coefficient (Wildman–Crippen LogP) is 19.2. The smallest absolute Gasteiger partial charge is 0.306 e. The first-order chi connectivity index (χ1) is 33.5. The largest absolute Gasteiger partial charge is 0.462 e. The van der Waals surface area contributed by atoms with Crippen LogP contribution in [0.5, 0.6) is 0 Å². The summed E-state index contributed by atoms with van der Waals surface area (Å²) in [6.07, 6.45) is 73.0. The zero-order valence-corrected chi connectivity index (χ0v) is 44.6. The summed E-state index contributed by atoms with van der Waals surface area (Å²) in [7, 11) is 0. The lowest BCUT2D eigenvalue weighted by molar-refractivity contribution is -0.167. The lowest BCUT2D eigenvalue weighted by atomic mass is 10.1. The summed E-state index contributed by atoms with van der Waals surface area (Å²) >= 11 is 0. The molecule has 6 nitrogen and oxygen atoms in total. The minimum atomic E-state index is -0.798. The fraction of sp³-hybridized carbons (Fsp3) is 0.726. The number of carbonyl (C=O) groups is 3. The van der Waals surface area contributed by atoms with Crippen LogP contribution in [0, 0.1) is 0 Å². The molecule has 390 valence electrons. The molecule has 0 fully saturated rings. The molecule has 0 aliphatic carbocycles. The Labute approximate surface area is 420 Å². The van der Waals surface area contributed by atoms with Crippen molar-refractivity contribution in [1.82, 2.24) is 0 Å². The number of carbonyl (C=O) groups excluding carboxylic acids is 3. The van der Waals surface area contributed by atoms with Gasteiger partial charge in [-0.2, -0.15) is 0 Å². The highest BCUT2D eigenvalue weighted by Crippen LogP contribution is 2.15. The van der Waals surface area contributed by atoms with Gasteiger partial charge in [-0.25, -0.2) is 0 Å². The van der Waals surface area contributed by atoms with E-state index in [1.807, 2.05) is 0 Å². The maximum atomic E-state index is 12.8. The van der Waals surface area contributed by atoms with Gasteiger partial charge in [-0.3, -0.25) is 14.4 Å². The van der Waals surface area contributed by atoms with E-state index in [9.17, 15) is 14.4 Å². The molecular weight excluding hydrogens is 841 g/mol. The Morgan fingerprint density at radius 3 is 0.985 bits per heavy atom. The van der Waals surface area contributed by atoms with E-state index in [4.69, 9.17) is 14.2 Å². The summed E-state index contributed by atoms with van der Waals surface area (Å²) in [5.74, 6) is -0.936. The minimum absolute atomic E-state index is 0.0936. The van der Waals surface area contributed by atoms with Crippen LogP contribution in [0.3, 0.4) is 0 Å². The number of ether oxygens (including phenoxy) is 3. The van der Waals surface area contributed by atoms with Gasteiger partial charge in [0.2, 0.25) is 0 Å². The van der Waals surface area contributed by atoms with Crippen LogP contribution in [0.1, 0.15) is 271 Å². The number of hydrogen-bond donors (Lipinski definition) is 0. The average molecular weight is 948 g/mol. The maximum Gasteiger partial charge on any atom is 0.306 e. The summed E-state index contributed by atoms with van der Waals surface area (Å²) in [5.41, 5.74) is 0. The molecule has 0 aromatic carbocycles. The second-order valence-corrected chi connectivity index (χ2v) is 18.8. The van der Waals surface area contributed by atoms with Crippen LogP contribution >= 0.6 is 0 Å². The van der Waals surface area contributed by atoms with Crippen molar-refractivity contribution in [3.8, 4) is 0 Å². The van der Waals surface area contributed by atoms with E-state index >= 15 is 0 Å². The van der Waals surface area contributed by atoms with Crippen LogP contribution < -0.4 is 0 Å². The van der Waals surface area contributed by atoms with Gasteiger partial charge < -0.3 is 14.2 Å². The van der Waals surface area contributed by atoms with Crippen molar-refractivity contribution in [2.45, 2.75) is 277 Å². The summed E-state index contributed by atoms with van der Waals surface area (Å²) in [6, 6.07) is 0. The molecule has 0 aromatic rings. The average Bonchev–Trinajstić information content (AvgIpc) is 3.34. The Bertz CT molecular complexity index is 1320. The van der Waals surface area contributed by atoms with Gasteiger partial charge in [0.05, 0.1) is 0 Å². The molecule has 0 amide bonds. The second kappa shape index (κ2) is 56.2. The maximum absolute atomic E-state index is 12.8. The summed E-state index contributed by atoms with van der Waals surface area (Å²) in [6.45, 7) is 6.44. The van der Waals surface area contributed by atoms with E-state index in [1.54, 1.807) is 0 Å². The molecule has 0 radical (unpaired) electrons. The van der Waals surface area contributed by atoms with Gasteiger partial charge in [0, 0.05) is 19.3 Å². The SMILES string of the molecule is CC/C=C\C/C=C\C/C=C\C/C=C\C/C=C\CCCCCC(=O)OC(COC(=O)CCCCCCC/C=C\CCC)COC(=O)CCCCCCCCCCC/C=C\CCCCCCCCCC. The third-order valence-corrected chi connectivity index (χ3v) is 12.1. The van der Waals surface area contributed by atoms with E-state index in [0.717, 1.165) is 116 Å². The van der Waals surface area contributed by atoms with Crippen molar-refractivity contribution in [2.24, 2.45) is 0 Å². The van der Waals surface area contributed by atoms with Crippen molar-refractivity contribution >= 4 is 17.9 Å².